The fourth-order valence-corrected chi connectivity index (χ4v) is 5.44. The summed E-state index contributed by atoms with van der Waals surface area (Å²) in [6.07, 6.45) is 1.54. The smallest absolute Gasteiger partial charge is 0.291 e. The van der Waals surface area contributed by atoms with Gasteiger partial charge in [-0.15, -0.1) is 6.58 Å². The van der Waals surface area contributed by atoms with Crippen LogP contribution in [0.25, 0.3) is 11.0 Å². The zero-order valence-electron chi connectivity index (χ0n) is 18.5. The summed E-state index contributed by atoms with van der Waals surface area (Å²) in [6, 6.07) is 21.5. The second-order valence-electron chi connectivity index (χ2n) is 8.58. The summed E-state index contributed by atoms with van der Waals surface area (Å²) >= 11 is 6.18. The number of carbonyl (C=O) groups is 2. The van der Waals surface area contributed by atoms with E-state index in [1.165, 1.54) is 11.0 Å². The van der Waals surface area contributed by atoms with Crippen LogP contribution in [-0.2, 0) is 16.9 Å². The summed E-state index contributed by atoms with van der Waals surface area (Å²) in [5, 5.41) is 0.575. The van der Waals surface area contributed by atoms with Gasteiger partial charge < -0.3 is 14.2 Å². The SMILES string of the molecule is C=CCN1C(=O)c2oc3ccc(Cl)cc3c(=O)c2C12C(=O)N(Cc1ccccc1)c1ccccc12. The molecule has 0 bridgehead atoms. The number of benzene rings is 3. The molecule has 7 heteroatoms. The van der Waals surface area contributed by atoms with Crippen LogP contribution in [0.1, 0.15) is 27.2 Å². The predicted octanol–water partition coefficient (Wildman–Crippen LogP) is 4.88. The van der Waals surface area contributed by atoms with E-state index in [4.69, 9.17) is 16.0 Å². The van der Waals surface area contributed by atoms with Gasteiger partial charge in [0.2, 0.25) is 5.76 Å². The van der Waals surface area contributed by atoms with Crippen LogP contribution in [0.15, 0.2) is 94.7 Å². The van der Waals surface area contributed by atoms with Crippen molar-refractivity contribution in [2.45, 2.75) is 12.1 Å². The number of fused-ring (bicyclic) bond motifs is 5. The molecule has 3 aromatic carbocycles. The van der Waals surface area contributed by atoms with Crippen molar-refractivity contribution in [3.05, 3.63) is 123 Å². The number of amides is 2. The molecule has 1 aromatic heterocycles. The Balaban J connectivity index is 1.68. The highest BCUT2D eigenvalue weighted by atomic mass is 35.5. The van der Waals surface area contributed by atoms with Gasteiger partial charge in [0.25, 0.3) is 11.8 Å². The second-order valence-corrected chi connectivity index (χ2v) is 9.02. The number of carbonyl (C=O) groups excluding carboxylic acids is 2. The standard InChI is InChI=1S/C28H19ClN2O4/c1-2-14-31-26(33)25-23(24(32)19-15-18(29)12-13-22(19)35-25)28(31)20-10-6-7-11-21(20)30(27(28)34)16-17-8-4-3-5-9-17/h2-13,15H,1,14,16H2. The molecule has 3 heterocycles. The zero-order valence-corrected chi connectivity index (χ0v) is 19.3. The van der Waals surface area contributed by atoms with Crippen molar-refractivity contribution in [3.63, 3.8) is 0 Å². The van der Waals surface area contributed by atoms with E-state index in [9.17, 15) is 14.4 Å². The lowest BCUT2D eigenvalue weighted by Gasteiger charge is -2.33. The summed E-state index contributed by atoms with van der Waals surface area (Å²) in [4.78, 5) is 45.1. The molecule has 4 aromatic rings. The fraction of sp³-hybridized carbons (Fsp3) is 0.107. The molecule has 6 nitrogen and oxygen atoms in total. The first-order valence-corrected chi connectivity index (χ1v) is 11.5. The highest BCUT2D eigenvalue weighted by Crippen LogP contribution is 2.52. The third-order valence-corrected chi connectivity index (χ3v) is 6.93. The van der Waals surface area contributed by atoms with Gasteiger partial charge in [-0.25, -0.2) is 0 Å². The van der Waals surface area contributed by atoms with E-state index >= 15 is 0 Å². The van der Waals surface area contributed by atoms with Gasteiger partial charge in [0.05, 0.1) is 23.2 Å². The molecule has 35 heavy (non-hydrogen) atoms. The fourth-order valence-electron chi connectivity index (χ4n) is 5.27. The van der Waals surface area contributed by atoms with Gasteiger partial charge in [0.15, 0.2) is 11.0 Å². The Labute approximate surface area is 205 Å². The van der Waals surface area contributed by atoms with Gasteiger partial charge in [0.1, 0.15) is 5.58 Å². The van der Waals surface area contributed by atoms with Crippen molar-refractivity contribution < 1.29 is 14.0 Å². The van der Waals surface area contributed by atoms with Gasteiger partial charge in [-0.05, 0) is 29.8 Å². The first-order valence-electron chi connectivity index (χ1n) is 11.1. The van der Waals surface area contributed by atoms with Crippen LogP contribution in [0.4, 0.5) is 5.69 Å². The first-order chi connectivity index (χ1) is 17.0. The highest BCUT2D eigenvalue weighted by Gasteiger charge is 2.64. The lowest BCUT2D eigenvalue weighted by atomic mass is 9.84. The molecule has 1 unspecified atom stereocenters. The maximum absolute atomic E-state index is 14.4. The quantitative estimate of drug-likeness (QED) is 0.389. The molecule has 6 rings (SSSR count). The summed E-state index contributed by atoms with van der Waals surface area (Å²) in [7, 11) is 0. The average Bonchev–Trinajstić information content (AvgIpc) is 3.26. The van der Waals surface area contributed by atoms with Gasteiger partial charge in [0, 0.05) is 17.1 Å². The van der Waals surface area contributed by atoms with Gasteiger partial charge >= 0.3 is 0 Å². The van der Waals surface area contributed by atoms with Crippen LogP contribution in [-0.4, -0.2) is 23.3 Å². The third-order valence-electron chi connectivity index (χ3n) is 6.69. The lowest BCUT2D eigenvalue weighted by Crippen LogP contribution is -2.53. The van der Waals surface area contributed by atoms with Gasteiger partial charge in [-0.3, -0.25) is 14.4 Å². The molecule has 0 saturated heterocycles. The van der Waals surface area contributed by atoms with E-state index in [-0.39, 0.29) is 41.3 Å². The molecule has 0 fully saturated rings. The molecule has 0 radical (unpaired) electrons. The van der Waals surface area contributed by atoms with Crippen molar-refractivity contribution in [1.29, 1.82) is 0 Å². The molecule has 172 valence electrons. The molecule has 2 aliphatic heterocycles. The van der Waals surface area contributed by atoms with Crippen LogP contribution < -0.4 is 10.3 Å². The first kappa shape index (κ1) is 21.4. The Bertz CT molecular complexity index is 1610. The molecule has 1 atom stereocenters. The third kappa shape index (κ3) is 2.80. The van der Waals surface area contributed by atoms with Crippen molar-refractivity contribution in [2.75, 3.05) is 11.4 Å². The summed E-state index contributed by atoms with van der Waals surface area (Å²) < 4.78 is 5.98. The summed E-state index contributed by atoms with van der Waals surface area (Å²) in [6.45, 7) is 4.13. The van der Waals surface area contributed by atoms with Crippen molar-refractivity contribution >= 4 is 40.1 Å². The molecule has 2 amide bonds. The van der Waals surface area contributed by atoms with Crippen LogP contribution in [0.2, 0.25) is 5.02 Å². The lowest BCUT2D eigenvalue weighted by molar-refractivity contribution is -0.126. The van der Waals surface area contributed by atoms with E-state index in [0.717, 1.165) is 5.56 Å². The van der Waals surface area contributed by atoms with Crippen LogP contribution in [0.3, 0.4) is 0 Å². The van der Waals surface area contributed by atoms with Crippen molar-refractivity contribution in [1.82, 2.24) is 4.90 Å². The number of halogens is 1. The molecular weight excluding hydrogens is 464 g/mol. The van der Waals surface area contributed by atoms with E-state index in [1.807, 2.05) is 42.5 Å². The normalized spacial score (nSPS) is 18.4. The number of hydrogen-bond acceptors (Lipinski definition) is 4. The van der Waals surface area contributed by atoms with E-state index in [2.05, 4.69) is 6.58 Å². The molecular formula is C28H19ClN2O4. The highest BCUT2D eigenvalue weighted by molar-refractivity contribution is 6.31. The number of anilines is 1. The van der Waals surface area contributed by atoms with E-state index in [1.54, 1.807) is 35.2 Å². The Morgan fingerprint density at radius 1 is 0.971 bits per heavy atom. The molecule has 0 N–H and O–H groups in total. The Kier molecular flexibility index (Phi) is 4.69. The van der Waals surface area contributed by atoms with E-state index in [0.29, 0.717) is 16.3 Å². The predicted molar refractivity (Wildman–Crippen MR) is 134 cm³/mol. The second kappa shape index (κ2) is 7.68. The van der Waals surface area contributed by atoms with Crippen LogP contribution in [0, 0.1) is 0 Å². The Morgan fingerprint density at radius 2 is 1.71 bits per heavy atom. The maximum atomic E-state index is 14.4. The number of hydrogen-bond donors (Lipinski definition) is 0. The van der Waals surface area contributed by atoms with Crippen LogP contribution >= 0.6 is 11.6 Å². The Hall–Kier alpha value is -4.16. The Morgan fingerprint density at radius 3 is 2.49 bits per heavy atom. The number of para-hydroxylation sites is 1. The minimum Gasteiger partial charge on any atom is -0.450 e. The maximum Gasteiger partial charge on any atom is 0.291 e. The largest absolute Gasteiger partial charge is 0.450 e. The monoisotopic (exact) mass is 482 g/mol. The summed E-state index contributed by atoms with van der Waals surface area (Å²) in [5.74, 6) is -1.04. The minimum atomic E-state index is -1.66. The minimum absolute atomic E-state index is 0.0205. The van der Waals surface area contributed by atoms with Crippen molar-refractivity contribution in [3.8, 4) is 0 Å². The molecule has 0 aliphatic carbocycles. The van der Waals surface area contributed by atoms with E-state index < -0.39 is 16.9 Å². The molecule has 1 spiro atoms. The number of nitrogens with zero attached hydrogens (tertiary/aromatic N) is 2. The molecule has 2 aliphatic rings. The summed E-state index contributed by atoms with van der Waals surface area (Å²) in [5.41, 5.74) is 0.265. The molecule has 0 saturated carbocycles. The number of rotatable bonds is 4. The van der Waals surface area contributed by atoms with Crippen molar-refractivity contribution in [2.24, 2.45) is 0 Å². The average molecular weight is 483 g/mol. The van der Waals surface area contributed by atoms with Crippen LogP contribution in [0.5, 0.6) is 0 Å². The zero-order chi connectivity index (χ0) is 24.3. The topological polar surface area (TPSA) is 70.8 Å². The van der Waals surface area contributed by atoms with Gasteiger partial charge in [-0.2, -0.15) is 0 Å². The van der Waals surface area contributed by atoms with Gasteiger partial charge in [-0.1, -0.05) is 66.2 Å².